The summed E-state index contributed by atoms with van der Waals surface area (Å²) in [5.74, 6) is -0.337. The molecule has 2 N–H and O–H groups in total. The lowest BCUT2D eigenvalue weighted by molar-refractivity contribution is -0.149. The molecule has 1 rings (SSSR count). The third-order valence-electron chi connectivity index (χ3n) is 2.86. The van der Waals surface area contributed by atoms with E-state index in [0.29, 0.717) is 13.2 Å². The summed E-state index contributed by atoms with van der Waals surface area (Å²) in [5.41, 5.74) is 5.02. The first kappa shape index (κ1) is 13.4. The summed E-state index contributed by atoms with van der Waals surface area (Å²) in [6, 6.07) is 0. The molecule has 2 atom stereocenters. The molecule has 0 spiro atoms. The van der Waals surface area contributed by atoms with Crippen LogP contribution in [0.1, 0.15) is 20.3 Å². The number of ether oxygens (including phenoxy) is 2. The fourth-order valence-electron chi connectivity index (χ4n) is 1.96. The van der Waals surface area contributed by atoms with E-state index in [-0.39, 0.29) is 12.1 Å². The van der Waals surface area contributed by atoms with Gasteiger partial charge in [0.05, 0.1) is 12.7 Å². The minimum Gasteiger partial charge on any atom is -0.465 e. The average molecular weight is 230 g/mol. The van der Waals surface area contributed by atoms with Crippen LogP contribution in [0.3, 0.4) is 0 Å². The molecule has 0 aromatic heterocycles. The molecule has 0 aromatic rings. The Balaban J connectivity index is 2.43. The fourth-order valence-corrected chi connectivity index (χ4v) is 1.96. The lowest BCUT2D eigenvalue weighted by Gasteiger charge is -2.27. The second kappa shape index (κ2) is 5.61. The van der Waals surface area contributed by atoms with Crippen molar-refractivity contribution in [3.8, 4) is 0 Å². The third-order valence-corrected chi connectivity index (χ3v) is 2.86. The maximum atomic E-state index is 11.6. The fraction of sp³-hybridized carbons (Fsp3) is 0.909. The average Bonchev–Trinajstić information content (AvgIpc) is 2.65. The Morgan fingerprint density at radius 3 is 2.81 bits per heavy atom. The van der Waals surface area contributed by atoms with Crippen molar-refractivity contribution in [3.63, 3.8) is 0 Å². The lowest BCUT2D eigenvalue weighted by Crippen LogP contribution is -2.54. The number of hydrogen-bond acceptors (Lipinski definition) is 5. The van der Waals surface area contributed by atoms with Gasteiger partial charge in [-0.15, -0.1) is 0 Å². The van der Waals surface area contributed by atoms with E-state index in [4.69, 9.17) is 15.2 Å². The molecule has 0 amide bonds. The Bertz CT molecular complexity index is 243. The number of nitrogens with zero attached hydrogens (tertiary/aromatic N) is 1. The normalized spacial score (nSPS) is 25.4. The number of nitrogens with two attached hydrogens (primary N) is 1. The predicted octanol–water partition coefficient (Wildman–Crippen LogP) is -0.0124. The molecule has 0 aliphatic carbocycles. The monoisotopic (exact) mass is 230 g/mol. The van der Waals surface area contributed by atoms with Crippen LogP contribution in [0.5, 0.6) is 0 Å². The molecule has 0 saturated carbocycles. The Morgan fingerprint density at radius 2 is 2.31 bits per heavy atom. The standard InChI is InChI=1S/C11H22N2O3/c1-4-16-10(14)11(2,12)8-13-6-5-9(7-13)15-3/h9H,4-8,12H2,1-3H3. The van der Waals surface area contributed by atoms with Crippen molar-refractivity contribution in [2.24, 2.45) is 5.73 Å². The molecule has 0 radical (unpaired) electrons. The highest BCUT2D eigenvalue weighted by Gasteiger charge is 2.34. The van der Waals surface area contributed by atoms with Crippen molar-refractivity contribution >= 4 is 5.97 Å². The zero-order valence-corrected chi connectivity index (χ0v) is 10.4. The van der Waals surface area contributed by atoms with Crippen LogP contribution in [0.25, 0.3) is 0 Å². The van der Waals surface area contributed by atoms with Crippen molar-refractivity contribution in [2.45, 2.75) is 31.9 Å². The maximum Gasteiger partial charge on any atom is 0.327 e. The van der Waals surface area contributed by atoms with Gasteiger partial charge >= 0.3 is 5.97 Å². The van der Waals surface area contributed by atoms with Crippen LogP contribution in [0.15, 0.2) is 0 Å². The van der Waals surface area contributed by atoms with Gasteiger partial charge in [0.2, 0.25) is 0 Å². The summed E-state index contributed by atoms with van der Waals surface area (Å²) >= 11 is 0. The molecule has 1 fully saturated rings. The Labute approximate surface area is 96.9 Å². The summed E-state index contributed by atoms with van der Waals surface area (Å²) in [4.78, 5) is 13.7. The van der Waals surface area contributed by atoms with Crippen LogP contribution in [0.2, 0.25) is 0 Å². The molecule has 16 heavy (non-hydrogen) atoms. The second-order valence-corrected chi connectivity index (χ2v) is 4.52. The van der Waals surface area contributed by atoms with Gasteiger partial charge in [-0.3, -0.25) is 9.69 Å². The molecule has 1 aliphatic heterocycles. The second-order valence-electron chi connectivity index (χ2n) is 4.52. The SMILES string of the molecule is CCOC(=O)C(C)(N)CN1CCC(OC)C1. The zero-order valence-electron chi connectivity index (χ0n) is 10.4. The van der Waals surface area contributed by atoms with Crippen LogP contribution in [0.4, 0.5) is 0 Å². The van der Waals surface area contributed by atoms with E-state index in [1.807, 2.05) is 0 Å². The largest absolute Gasteiger partial charge is 0.465 e. The third kappa shape index (κ3) is 3.43. The molecule has 1 aliphatic rings. The van der Waals surface area contributed by atoms with Gasteiger partial charge in [0, 0.05) is 26.7 Å². The molecular weight excluding hydrogens is 208 g/mol. The van der Waals surface area contributed by atoms with E-state index in [1.54, 1.807) is 21.0 Å². The van der Waals surface area contributed by atoms with E-state index >= 15 is 0 Å². The first-order valence-corrected chi connectivity index (χ1v) is 5.71. The van der Waals surface area contributed by atoms with E-state index in [0.717, 1.165) is 19.5 Å². The van der Waals surface area contributed by atoms with Gasteiger partial charge in [-0.1, -0.05) is 0 Å². The number of carbonyl (C=O) groups excluding carboxylic acids is 1. The number of likely N-dealkylation sites (tertiary alicyclic amines) is 1. The smallest absolute Gasteiger partial charge is 0.327 e. The van der Waals surface area contributed by atoms with E-state index in [2.05, 4.69) is 4.90 Å². The molecule has 0 bridgehead atoms. The zero-order chi connectivity index (χ0) is 12.2. The first-order valence-electron chi connectivity index (χ1n) is 5.71. The molecule has 2 unspecified atom stereocenters. The number of rotatable bonds is 5. The molecule has 5 heteroatoms. The lowest BCUT2D eigenvalue weighted by atomic mass is 10.0. The minimum atomic E-state index is -0.932. The molecule has 1 heterocycles. The number of hydrogen-bond donors (Lipinski definition) is 1. The summed E-state index contributed by atoms with van der Waals surface area (Å²) in [6.07, 6.45) is 1.26. The summed E-state index contributed by atoms with van der Waals surface area (Å²) in [5, 5.41) is 0. The van der Waals surface area contributed by atoms with Crippen molar-refractivity contribution < 1.29 is 14.3 Å². The van der Waals surface area contributed by atoms with Crippen LogP contribution >= 0.6 is 0 Å². The van der Waals surface area contributed by atoms with Crippen molar-refractivity contribution in [3.05, 3.63) is 0 Å². The van der Waals surface area contributed by atoms with Crippen molar-refractivity contribution in [1.82, 2.24) is 4.90 Å². The molecular formula is C11H22N2O3. The van der Waals surface area contributed by atoms with Crippen molar-refractivity contribution in [2.75, 3.05) is 33.4 Å². The van der Waals surface area contributed by atoms with E-state index < -0.39 is 5.54 Å². The van der Waals surface area contributed by atoms with E-state index in [9.17, 15) is 4.79 Å². The number of carbonyl (C=O) groups is 1. The first-order chi connectivity index (χ1) is 7.49. The van der Waals surface area contributed by atoms with Crippen LogP contribution in [0, 0.1) is 0 Å². The molecule has 0 aromatic carbocycles. The quantitative estimate of drug-likeness (QED) is 0.673. The summed E-state index contributed by atoms with van der Waals surface area (Å²) in [6.45, 7) is 6.14. The highest BCUT2D eigenvalue weighted by molar-refractivity contribution is 5.80. The molecule has 1 saturated heterocycles. The van der Waals surface area contributed by atoms with Crippen LogP contribution < -0.4 is 5.73 Å². The number of methoxy groups -OCH3 is 1. The Morgan fingerprint density at radius 1 is 1.62 bits per heavy atom. The van der Waals surface area contributed by atoms with Gasteiger partial charge in [0.1, 0.15) is 5.54 Å². The highest BCUT2D eigenvalue weighted by Crippen LogP contribution is 2.15. The molecule has 94 valence electrons. The van der Waals surface area contributed by atoms with Crippen LogP contribution in [-0.2, 0) is 14.3 Å². The summed E-state index contributed by atoms with van der Waals surface area (Å²) < 4.78 is 10.2. The van der Waals surface area contributed by atoms with Gasteiger partial charge in [0.25, 0.3) is 0 Å². The summed E-state index contributed by atoms with van der Waals surface area (Å²) in [7, 11) is 1.71. The Hall–Kier alpha value is -0.650. The number of esters is 1. The Kier molecular flexibility index (Phi) is 4.70. The van der Waals surface area contributed by atoms with Gasteiger partial charge in [-0.05, 0) is 20.3 Å². The maximum absolute atomic E-state index is 11.6. The van der Waals surface area contributed by atoms with Gasteiger partial charge in [0.15, 0.2) is 0 Å². The van der Waals surface area contributed by atoms with Gasteiger partial charge < -0.3 is 15.2 Å². The van der Waals surface area contributed by atoms with Gasteiger partial charge in [-0.25, -0.2) is 0 Å². The minimum absolute atomic E-state index is 0.262. The van der Waals surface area contributed by atoms with Gasteiger partial charge in [-0.2, -0.15) is 0 Å². The topological polar surface area (TPSA) is 64.8 Å². The predicted molar refractivity (Wildman–Crippen MR) is 61.1 cm³/mol. The van der Waals surface area contributed by atoms with Crippen molar-refractivity contribution in [1.29, 1.82) is 0 Å². The molecule has 5 nitrogen and oxygen atoms in total. The highest BCUT2D eigenvalue weighted by atomic mass is 16.5. The van der Waals surface area contributed by atoms with E-state index in [1.165, 1.54) is 0 Å². The van der Waals surface area contributed by atoms with Crippen LogP contribution in [-0.4, -0.2) is 55.9 Å².